The summed E-state index contributed by atoms with van der Waals surface area (Å²) in [5.74, 6) is 0.219. The summed E-state index contributed by atoms with van der Waals surface area (Å²) in [4.78, 5) is 16.8. The molecule has 0 radical (unpaired) electrons. The molecule has 0 saturated carbocycles. The van der Waals surface area contributed by atoms with Gasteiger partial charge in [0.05, 0.1) is 17.5 Å². The fourth-order valence-electron chi connectivity index (χ4n) is 3.20. The maximum Gasteiger partial charge on any atom is 0.173 e. The van der Waals surface area contributed by atoms with Gasteiger partial charge in [0.2, 0.25) is 0 Å². The highest BCUT2D eigenvalue weighted by Gasteiger charge is 2.29. The minimum atomic E-state index is 0.0835. The van der Waals surface area contributed by atoms with Crippen LogP contribution < -0.4 is 0 Å². The summed E-state index contributed by atoms with van der Waals surface area (Å²) in [7, 11) is 0. The van der Waals surface area contributed by atoms with E-state index in [2.05, 4.69) is 40.4 Å². The number of benzene rings is 1. The first-order valence-corrected chi connectivity index (χ1v) is 7.53. The van der Waals surface area contributed by atoms with Gasteiger partial charge in [0.25, 0.3) is 0 Å². The number of ketones is 1. The minimum absolute atomic E-state index is 0.0835. The number of hydrogen-bond acceptors (Lipinski definition) is 4. The van der Waals surface area contributed by atoms with Crippen LogP contribution in [0.25, 0.3) is 5.65 Å². The van der Waals surface area contributed by atoms with Crippen LogP contribution in [0.3, 0.4) is 0 Å². The number of Topliss-reactive ketones (excluding diaryl/α,β-unsaturated/α-hetero) is 1. The summed E-state index contributed by atoms with van der Waals surface area (Å²) >= 11 is 0. The zero-order valence-electron chi connectivity index (χ0n) is 12.7. The van der Waals surface area contributed by atoms with Crippen molar-refractivity contribution in [2.24, 2.45) is 0 Å². The molecule has 0 bridgehead atoms. The number of nitrogens with zero attached hydrogens (tertiary/aromatic N) is 4. The topological polar surface area (TPSA) is 71.0 Å². The van der Waals surface area contributed by atoms with E-state index in [4.69, 9.17) is 5.26 Å². The molecular weight excluding hydrogens is 288 g/mol. The smallest absolute Gasteiger partial charge is 0.173 e. The lowest BCUT2D eigenvalue weighted by Crippen LogP contribution is -2.22. The Balaban J connectivity index is 1.83. The van der Waals surface area contributed by atoms with Gasteiger partial charge in [-0.3, -0.25) is 4.79 Å². The number of aromatic nitrogens is 3. The number of carbonyl (C=O) groups is 1. The standard InChI is InChI=1S/C18H14N4O/c1-11-2-4-12(5-3-11)13-6-16-15(17(23)7-13)10-20-18-14(8-19)9-21-22(16)18/h2-5,9-10,13H,6-7H2,1H3. The van der Waals surface area contributed by atoms with Crippen LogP contribution in [0, 0.1) is 18.3 Å². The van der Waals surface area contributed by atoms with E-state index in [0.717, 1.165) is 17.7 Å². The van der Waals surface area contributed by atoms with Crippen LogP contribution in [-0.4, -0.2) is 20.4 Å². The van der Waals surface area contributed by atoms with Crippen molar-refractivity contribution in [3.8, 4) is 6.07 Å². The van der Waals surface area contributed by atoms with Crippen LogP contribution in [0.5, 0.6) is 0 Å². The molecule has 0 saturated heterocycles. The lowest BCUT2D eigenvalue weighted by atomic mass is 9.82. The minimum Gasteiger partial charge on any atom is -0.294 e. The zero-order valence-corrected chi connectivity index (χ0v) is 12.7. The van der Waals surface area contributed by atoms with E-state index in [1.54, 1.807) is 10.7 Å². The predicted molar refractivity (Wildman–Crippen MR) is 84.3 cm³/mol. The van der Waals surface area contributed by atoms with Gasteiger partial charge in [-0.05, 0) is 24.8 Å². The fraction of sp³-hybridized carbons (Fsp3) is 0.222. The zero-order chi connectivity index (χ0) is 16.0. The molecule has 1 unspecified atom stereocenters. The summed E-state index contributed by atoms with van der Waals surface area (Å²) in [5.41, 5.74) is 4.77. The third kappa shape index (κ3) is 2.11. The Bertz CT molecular complexity index is 963. The Labute approximate surface area is 133 Å². The fourth-order valence-corrected chi connectivity index (χ4v) is 3.20. The van der Waals surface area contributed by atoms with Gasteiger partial charge in [0, 0.05) is 12.6 Å². The maximum absolute atomic E-state index is 12.5. The highest BCUT2D eigenvalue weighted by molar-refractivity contribution is 5.98. The molecule has 0 N–H and O–H groups in total. The molecule has 5 nitrogen and oxygen atoms in total. The third-order valence-electron chi connectivity index (χ3n) is 4.47. The molecule has 0 spiro atoms. The molecule has 112 valence electrons. The summed E-state index contributed by atoms with van der Waals surface area (Å²) in [6.07, 6.45) is 4.29. The third-order valence-corrected chi connectivity index (χ3v) is 4.47. The van der Waals surface area contributed by atoms with Gasteiger partial charge in [0.1, 0.15) is 11.6 Å². The van der Waals surface area contributed by atoms with Crippen LogP contribution in [0.2, 0.25) is 0 Å². The number of rotatable bonds is 1. The van der Waals surface area contributed by atoms with E-state index in [1.807, 2.05) is 6.92 Å². The summed E-state index contributed by atoms with van der Waals surface area (Å²) < 4.78 is 1.64. The normalized spacial score (nSPS) is 17.0. The van der Waals surface area contributed by atoms with Crippen LogP contribution in [0.4, 0.5) is 0 Å². The molecule has 5 heteroatoms. The molecule has 23 heavy (non-hydrogen) atoms. The molecule has 1 atom stereocenters. The van der Waals surface area contributed by atoms with E-state index >= 15 is 0 Å². The van der Waals surface area contributed by atoms with Crippen LogP contribution in [0.15, 0.2) is 36.7 Å². The Hall–Kier alpha value is -3.00. The van der Waals surface area contributed by atoms with E-state index in [-0.39, 0.29) is 11.7 Å². The van der Waals surface area contributed by atoms with Crippen LogP contribution in [0.1, 0.15) is 45.1 Å². The number of fused-ring (bicyclic) bond motifs is 3. The largest absolute Gasteiger partial charge is 0.294 e. The summed E-state index contributed by atoms with van der Waals surface area (Å²) in [6.45, 7) is 2.05. The molecule has 4 rings (SSSR count). The Morgan fingerprint density at radius 1 is 1.22 bits per heavy atom. The molecule has 1 aliphatic carbocycles. The number of hydrogen-bond donors (Lipinski definition) is 0. The average Bonchev–Trinajstić information content (AvgIpc) is 2.99. The van der Waals surface area contributed by atoms with Gasteiger partial charge in [-0.1, -0.05) is 29.8 Å². The SMILES string of the molecule is Cc1ccc(C2CC(=O)c3cnc4c(C#N)cnn4c3C2)cc1. The molecule has 1 aliphatic rings. The second-order valence-corrected chi connectivity index (χ2v) is 5.96. The van der Waals surface area contributed by atoms with Crippen molar-refractivity contribution in [1.29, 1.82) is 5.26 Å². The van der Waals surface area contributed by atoms with Gasteiger partial charge in [-0.15, -0.1) is 0 Å². The predicted octanol–water partition coefficient (Wildman–Crippen LogP) is 2.82. The first kappa shape index (κ1) is 13.6. The second kappa shape index (κ2) is 5.03. The summed E-state index contributed by atoms with van der Waals surface area (Å²) in [6, 6.07) is 10.4. The average molecular weight is 302 g/mol. The Morgan fingerprint density at radius 3 is 2.74 bits per heavy atom. The van der Waals surface area contributed by atoms with Crippen molar-refractivity contribution in [2.75, 3.05) is 0 Å². The highest BCUT2D eigenvalue weighted by Crippen LogP contribution is 2.32. The molecule has 2 heterocycles. The molecule has 3 aromatic rings. The molecule has 0 aliphatic heterocycles. The molecule has 2 aromatic heterocycles. The van der Waals surface area contributed by atoms with E-state index in [1.165, 1.54) is 11.8 Å². The van der Waals surface area contributed by atoms with Gasteiger partial charge < -0.3 is 0 Å². The second-order valence-electron chi connectivity index (χ2n) is 5.96. The highest BCUT2D eigenvalue weighted by atomic mass is 16.1. The van der Waals surface area contributed by atoms with Crippen molar-refractivity contribution >= 4 is 11.4 Å². The van der Waals surface area contributed by atoms with Gasteiger partial charge in [0.15, 0.2) is 11.4 Å². The lowest BCUT2D eigenvalue weighted by molar-refractivity contribution is 0.0962. The first-order chi connectivity index (χ1) is 11.2. The molecular formula is C18H14N4O. The van der Waals surface area contributed by atoms with Gasteiger partial charge >= 0.3 is 0 Å². The van der Waals surface area contributed by atoms with E-state index < -0.39 is 0 Å². The van der Waals surface area contributed by atoms with Crippen molar-refractivity contribution in [2.45, 2.75) is 25.7 Å². The van der Waals surface area contributed by atoms with Crippen molar-refractivity contribution < 1.29 is 4.79 Å². The first-order valence-electron chi connectivity index (χ1n) is 7.53. The van der Waals surface area contributed by atoms with E-state index in [0.29, 0.717) is 23.2 Å². The van der Waals surface area contributed by atoms with Gasteiger partial charge in [-0.25, -0.2) is 9.50 Å². The van der Waals surface area contributed by atoms with Crippen molar-refractivity contribution in [1.82, 2.24) is 14.6 Å². The number of carbonyl (C=O) groups excluding carboxylic acids is 1. The number of aryl methyl sites for hydroxylation is 1. The Kier molecular flexibility index (Phi) is 2.98. The molecule has 1 aromatic carbocycles. The molecule has 0 fully saturated rings. The summed E-state index contributed by atoms with van der Waals surface area (Å²) in [5, 5.41) is 13.4. The maximum atomic E-state index is 12.5. The van der Waals surface area contributed by atoms with Crippen LogP contribution >= 0.6 is 0 Å². The quantitative estimate of drug-likeness (QED) is 0.693. The molecule has 0 amide bonds. The monoisotopic (exact) mass is 302 g/mol. The number of nitriles is 1. The van der Waals surface area contributed by atoms with E-state index in [9.17, 15) is 4.79 Å². The Morgan fingerprint density at radius 2 is 2.00 bits per heavy atom. The van der Waals surface area contributed by atoms with Gasteiger partial charge in [-0.2, -0.15) is 10.4 Å². The van der Waals surface area contributed by atoms with Crippen LogP contribution in [-0.2, 0) is 6.42 Å². The van der Waals surface area contributed by atoms with Crippen molar-refractivity contribution in [3.63, 3.8) is 0 Å². The van der Waals surface area contributed by atoms with Crippen molar-refractivity contribution in [3.05, 3.63) is 64.6 Å². The lowest BCUT2D eigenvalue weighted by Gasteiger charge is -2.24.